The molecule has 0 spiro atoms. The molecule has 1 aromatic carbocycles. The Hall–Kier alpha value is -1.78. The molecule has 2 heterocycles. The fraction of sp³-hybridized carbons (Fsp3) is 0.476. The Morgan fingerprint density at radius 1 is 1.20 bits per heavy atom. The SMILES string of the molecule is CC(C)(O)c1cc2c(s1)S(=O)(=NC(=O)Nc1c3c(cc4c1CCC4)CCC3)NC2O. The first-order valence-electron chi connectivity index (χ1n) is 10.2. The van der Waals surface area contributed by atoms with Crippen LogP contribution in [0, 0.1) is 0 Å². The number of carbonyl (C=O) groups excluding carboxylic acids is 1. The van der Waals surface area contributed by atoms with Gasteiger partial charge in [0.05, 0.1) is 5.60 Å². The highest BCUT2D eigenvalue weighted by molar-refractivity contribution is 7.94. The summed E-state index contributed by atoms with van der Waals surface area (Å²) in [5.41, 5.74) is 5.04. The lowest BCUT2D eigenvalue weighted by Crippen LogP contribution is -2.23. The topological polar surface area (TPSA) is 111 Å². The van der Waals surface area contributed by atoms with Crippen LogP contribution < -0.4 is 10.0 Å². The first kappa shape index (κ1) is 20.1. The number of aliphatic hydroxyl groups is 2. The predicted molar refractivity (Wildman–Crippen MR) is 116 cm³/mol. The average Bonchev–Trinajstić information content (AvgIpc) is 3.40. The molecule has 30 heavy (non-hydrogen) atoms. The zero-order chi connectivity index (χ0) is 21.3. The lowest BCUT2D eigenvalue weighted by atomic mass is 9.99. The van der Waals surface area contributed by atoms with Crippen molar-refractivity contribution < 1.29 is 19.2 Å². The first-order chi connectivity index (χ1) is 14.2. The molecular formula is C21H25N3O4S2. The van der Waals surface area contributed by atoms with Crippen LogP contribution in [0.5, 0.6) is 0 Å². The van der Waals surface area contributed by atoms with E-state index in [1.165, 1.54) is 22.3 Å². The number of thiophene rings is 1. The number of hydrogen-bond donors (Lipinski definition) is 4. The first-order valence-corrected chi connectivity index (χ1v) is 12.6. The molecule has 2 amide bonds. The van der Waals surface area contributed by atoms with Gasteiger partial charge < -0.3 is 15.5 Å². The number of benzene rings is 1. The second-order valence-corrected chi connectivity index (χ2v) is 11.9. The van der Waals surface area contributed by atoms with Crippen molar-refractivity contribution in [1.29, 1.82) is 0 Å². The molecule has 0 bridgehead atoms. The Morgan fingerprint density at radius 3 is 2.43 bits per heavy atom. The van der Waals surface area contributed by atoms with Gasteiger partial charge in [-0.05, 0) is 80.7 Å². The third kappa shape index (κ3) is 3.20. The Morgan fingerprint density at radius 2 is 1.83 bits per heavy atom. The Kier molecular flexibility index (Phi) is 4.61. The van der Waals surface area contributed by atoms with E-state index in [1.54, 1.807) is 19.9 Å². The maximum atomic E-state index is 13.5. The smallest absolute Gasteiger partial charge is 0.354 e. The van der Waals surface area contributed by atoms with E-state index in [9.17, 15) is 19.2 Å². The summed E-state index contributed by atoms with van der Waals surface area (Å²) in [6.07, 6.45) is 4.84. The number of aliphatic hydroxyl groups excluding tert-OH is 1. The van der Waals surface area contributed by atoms with Gasteiger partial charge in [0, 0.05) is 16.1 Å². The number of fused-ring (bicyclic) bond motifs is 3. The highest BCUT2D eigenvalue weighted by Crippen LogP contribution is 2.42. The second kappa shape index (κ2) is 6.86. The number of anilines is 1. The molecule has 5 rings (SSSR count). The molecule has 2 aromatic rings. The number of hydrogen-bond acceptors (Lipinski definition) is 5. The molecule has 0 fully saturated rings. The monoisotopic (exact) mass is 447 g/mol. The molecule has 7 nitrogen and oxygen atoms in total. The number of nitrogens with one attached hydrogen (secondary N) is 2. The van der Waals surface area contributed by atoms with Crippen molar-refractivity contribution >= 4 is 33.0 Å². The minimum atomic E-state index is -3.33. The zero-order valence-electron chi connectivity index (χ0n) is 16.9. The van der Waals surface area contributed by atoms with Gasteiger partial charge in [0.2, 0.25) is 0 Å². The normalized spacial score (nSPS) is 24.5. The lowest BCUT2D eigenvalue weighted by Gasteiger charge is -2.16. The van der Waals surface area contributed by atoms with Gasteiger partial charge in [-0.2, -0.15) is 4.72 Å². The molecule has 0 radical (unpaired) electrons. The Labute approximate surface area is 179 Å². The number of amides is 2. The minimum absolute atomic E-state index is 0.297. The van der Waals surface area contributed by atoms with Gasteiger partial charge in [-0.25, -0.2) is 9.00 Å². The second-order valence-electron chi connectivity index (χ2n) is 8.71. The highest BCUT2D eigenvalue weighted by Gasteiger charge is 2.37. The number of rotatable bonds is 2. The van der Waals surface area contributed by atoms with Gasteiger partial charge in [-0.3, -0.25) is 0 Å². The summed E-state index contributed by atoms with van der Waals surface area (Å²) in [6.45, 7) is 3.24. The molecule has 4 N–H and O–H groups in total. The average molecular weight is 448 g/mol. The molecule has 0 saturated carbocycles. The van der Waals surface area contributed by atoms with Crippen LogP contribution in [-0.2, 0) is 41.2 Å². The van der Waals surface area contributed by atoms with Crippen LogP contribution in [0.3, 0.4) is 0 Å². The van der Waals surface area contributed by atoms with Crippen LogP contribution in [0.4, 0.5) is 10.5 Å². The molecule has 2 atom stereocenters. The summed E-state index contributed by atoms with van der Waals surface area (Å²) in [4.78, 5) is 13.4. The summed E-state index contributed by atoms with van der Waals surface area (Å²) >= 11 is 1.11. The van der Waals surface area contributed by atoms with E-state index in [-0.39, 0.29) is 0 Å². The van der Waals surface area contributed by atoms with E-state index in [4.69, 9.17) is 0 Å². The molecule has 9 heteroatoms. The van der Waals surface area contributed by atoms with E-state index < -0.39 is 27.8 Å². The van der Waals surface area contributed by atoms with Crippen molar-refractivity contribution in [3.8, 4) is 0 Å². The van der Waals surface area contributed by atoms with Crippen molar-refractivity contribution in [3.05, 3.63) is 44.8 Å². The number of urea groups is 1. The van der Waals surface area contributed by atoms with Crippen LogP contribution in [0.25, 0.3) is 0 Å². The van der Waals surface area contributed by atoms with Crippen molar-refractivity contribution in [2.24, 2.45) is 4.36 Å². The fourth-order valence-corrected chi connectivity index (χ4v) is 7.99. The standard InChI is InChI=1S/C21H25N3O4S2/c1-21(2,27)16-10-15-18(25)23-30(28,19(15)29-16)24-20(26)22-17-13-7-3-5-11(13)9-12-6-4-8-14(12)17/h9-10,18,25,27H,3-8H2,1-2H3,(H2,22,23,24,26,28). The van der Waals surface area contributed by atoms with E-state index in [1.807, 2.05) is 0 Å². The minimum Gasteiger partial charge on any atom is -0.385 e. The predicted octanol–water partition coefficient (Wildman–Crippen LogP) is 3.52. The van der Waals surface area contributed by atoms with Crippen molar-refractivity contribution in [3.63, 3.8) is 0 Å². The van der Waals surface area contributed by atoms with E-state index in [0.29, 0.717) is 14.6 Å². The molecule has 1 aromatic heterocycles. The molecule has 1 aliphatic heterocycles. The van der Waals surface area contributed by atoms with Crippen LogP contribution in [0.1, 0.15) is 65.6 Å². The molecule has 160 valence electrons. The van der Waals surface area contributed by atoms with E-state index in [0.717, 1.165) is 55.5 Å². The Bertz CT molecular complexity index is 1150. The van der Waals surface area contributed by atoms with Crippen LogP contribution in [0.2, 0.25) is 0 Å². The molecule has 2 unspecified atom stereocenters. The summed E-state index contributed by atoms with van der Waals surface area (Å²) in [6, 6.07) is 3.22. The van der Waals surface area contributed by atoms with Gasteiger partial charge in [0.15, 0.2) is 9.92 Å². The van der Waals surface area contributed by atoms with Crippen molar-refractivity contribution in [2.45, 2.75) is 68.4 Å². The largest absolute Gasteiger partial charge is 0.385 e. The maximum absolute atomic E-state index is 13.5. The molecule has 3 aliphatic rings. The van der Waals surface area contributed by atoms with Gasteiger partial charge >= 0.3 is 6.03 Å². The van der Waals surface area contributed by atoms with Gasteiger partial charge in [0.25, 0.3) is 0 Å². The summed E-state index contributed by atoms with van der Waals surface area (Å²) in [5, 5.41) is 23.5. The quantitative estimate of drug-likeness (QED) is 0.564. The van der Waals surface area contributed by atoms with Crippen molar-refractivity contribution in [1.82, 2.24) is 4.72 Å². The molecule has 2 aliphatic carbocycles. The van der Waals surface area contributed by atoms with E-state index >= 15 is 0 Å². The molecular weight excluding hydrogens is 422 g/mol. The number of carbonyl (C=O) groups is 1. The summed E-state index contributed by atoms with van der Waals surface area (Å²) in [7, 11) is -3.33. The Balaban J connectivity index is 1.52. The summed E-state index contributed by atoms with van der Waals surface area (Å²) < 4.78 is 20.3. The van der Waals surface area contributed by atoms with Crippen LogP contribution >= 0.6 is 11.3 Å². The maximum Gasteiger partial charge on any atom is 0.354 e. The third-order valence-corrected chi connectivity index (χ3v) is 9.95. The van der Waals surface area contributed by atoms with Crippen molar-refractivity contribution in [2.75, 3.05) is 5.32 Å². The lowest BCUT2D eigenvalue weighted by molar-refractivity contribution is 0.0823. The van der Waals surface area contributed by atoms with Gasteiger partial charge in [0.1, 0.15) is 10.4 Å². The molecule has 0 saturated heterocycles. The number of nitrogens with zero attached hydrogens (tertiary/aromatic N) is 1. The highest BCUT2D eigenvalue weighted by atomic mass is 32.2. The van der Waals surface area contributed by atoms with Gasteiger partial charge in [-0.15, -0.1) is 15.7 Å². The number of aryl methyl sites for hydroxylation is 2. The van der Waals surface area contributed by atoms with Crippen LogP contribution in [-0.4, -0.2) is 20.5 Å². The third-order valence-electron chi connectivity index (χ3n) is 6.06. The zero-order valence-corrected chi connectivity index (χ0v) is 18.6. The van der Waals surface area contributed by atoms with Gasteiger partial charge in [-0.1, -0.05) is 6.07 Å². The summed E-state index contributed by atoms with van der Waals surface area (Å²) in [5.74, 6) is 0. The fourth-order valence-electron chi connectivity index (χ4n) is 4.65. The van der Waals surface area contributed by atoms with Crippen LogP contribution in [0.15, 0.2) is 20.7 Å². The van der Waals surface area contributed by atoms with E-state index in [2.05, 4.69) is 20.5 Å².